The predicted molar refractivity (Wildman–Crippen MR) is 33.1 cm³/mol. The molecule has 0 aromatic carbocycles. The lowest BCUT2D eigenvalue weighted by Gasteiger charge is -1.68. The molecule has 1 heterocycles. The fraction of sp³-hybridized carbons (Fsp3) is 0.400. The van der Waals surface area contributed by atoms with Gasteiger partial charge in [0, 0.05) is 5.69 Å². The molecule has 0 bridgehead atoms. The summed E-state index contributed by atoms with van der Waals surface area (Å²) in [5, 5.41) is 6.71. The van der Waals surface area contributed by atoms with E-state index in [0.717, 1.165) is 11.4 Å². The Kier molecular flexibility index (Phi) is 2.21. The predicted octanol–water partition coefficient (Wildman–Crippen LogP) is 1.19. The van der Waals surface area contributed by atoms with Crippen LogP contribution in [0.5, 0.6) is 0 Å². The minimum atomic E-state index is 0. The topological polar surface area (TPSA) is 63.7 Å². The fourth-order valence-corrected chi connectivity index (χ4v) is 0.554. The van der Waals surface area contributed by atoms with Crippen LogP contribution in [0.2, 0.25) is 0 Å². The Morgan fingerprint density at radius 2 is 2.12 bits per heavy atom. The monoisotopic (exact) mass is 113 g/mol. The van der Waals surface area contributed by atoms with E-state index >= 15 is 0 Å². The van der Waals surface area contributed by atoms with Crippen molar-refractivity contribution in [3.8, 4) is 0 Å². The molecular formula is C5H11N3. The number of aromatic amines is 1. The van der Waals surface area contributed by atoms with E-state index in [4.69, 9.17) is 0 Å². The largest absolute Gasteiger partial charge is 0.344 e. The molecule has 0 amide bonds. The number of nitrogens with zero attached hydrogens (tertiary/aromatic N) is 1. The summed E-state index contributed by atoms with van der Waals surface area (Å²) in [5.41, 5.74) is 2.18. The van der Waals surface area contributed by atoms with Gasteiger partial charge in [0.25, 0.3) is 0 Å². The molecular weight excluding hydrogens is 102 g/mol. The minimum absolute atomic E-state index is 0. The van der Waals surface area contributed by atoms with E-state index in [2.05, 4.69) is 10.2 Å². The second-order valence-corrected chi connectivity index (χ2v) is 1.69. The Hall–Kier alpha value is -0.830. The molecule has 8 heavy (non-hydrogen) atoms. The standard InChI is InChI=1S/C5H8N2.H3N/c1-4-3-5(2)7-6-4;/h3H,1-2H3,(H,6,7);1H3. The van der Waals surface area contributed by atoms with Gasteiger partial charge in [-0.15, -0.1) is 0 Å². The maximum atomic E-state index is 3.89. The van der Waals surface area contributed by atoms with Gasteiger partial charge in [-0.05, 0) is 19.9 Å². The first-order valence-electron chi connectivity index (χ1n) is 2.27. The number of H-pyrrole nitrogens is 1. The molecule has 3 nitrogen and oxygen atoms in total. The summed E-state index contributed by atoms with van der Waals surface area (Å²) < 4.78 is 0. The zero-order valence-corrected chi connectivity index (χ0v) is 5.23. The molecule has 1 rings (SSSR count). The van der Waals surface area contributed by atoms with Crippen LogP contribution in [0, 0.1) is 13.8 Å². The number of hydrogen-bond donors (Lipinski definition) is 2. The summed E-state index contributed by atoms with van der Waals surface area (Å²) in [4.78, 5) is 0. The van der Waals surface area contributed by atoms with E-state index in [-0.39, 0.29) is 6.15 Å². The normalized spacial score (nSPS) is 8.25. The average molecular weight is 113 g/mol. The van der Waals surface area contributed by atoms with Crippen molar-refractivity contribution in [2.45, 2.75) is 13.8 Å². The number of aryl methyl sites for hydroxylation is 2. The van der Waals surface area contributed by atoms with E-state index in [1.165, 1.54) is 0 Å². The van der Waals surface area contributed by atoms with Gasteiger partial charge in [-0.3, -0.25) is 5.10 Å². The van der Waals surface area contributed by atoms with Gasteiger partial charge in [0.15, 0.2) is 0 Å². The van der Waals surface area contributed by atoms with Crippen LogP contribution in [0.25, 0.3) is 0 Å². The molecule has 46 valence electrons. The third kappa shape index (κ3) is 1.35. The first kappa shape index (κ1) is 7.17. The number of rotatable bonds is 0. The van der Waals surface area contributed by atoms with Gasteiger partial charge < -0.3 is 6.15 Å². The van der Waals surface area contributed by atoms with E-state index in [9.17, 15) is 0 Å². The molecule has 0 saturated heterocycles. The van der Waals surface area contributed by atoms with Crippen molar-refractivity contribution in [2.24, 2.45) is 0 Å². The highest BCUT2D eigenvalue weighted by Gasteiger charge is 1.84. The molecule has 1 aromatic rings. The van der Waals surface area contributed by atoms with Gasteiger partial charge in [0.1, 0.15) is 0 Å². The Morgan fingerprint density at radius 3 is 2.25 bits per heavy atom. The molecule has 0 spiro atoms. The number of hydrogen-bond acceptors (Lipinski definition) is 2. The highest BCUT2D eigenvalue weighted by atomic mass is 15.1. The maximum absolute atomic E-state index is 3.89. The maximum Gasteiger partial charge on any atom is 0.0593 e. The third-order valence-corrected chi connectivity index (χ3v) is 0.834. The van der Waals surface area contributed by atoms with Crippen LogP contribution < -0.4 is 6.15 Å². The van der Waals surface area contributed by atoms with E-state index in [0.29, 0.717) is 0 Å². The smallest absolute Gasteiger partial charge is 0.0593 e. The molecule has 0 radical (unpaired) electrons. The van der Waals surface area contributed by atoms with E-state index in [1.807, 2.05) is 19.9 Å². The zero-order valence-electron chi connectivity index (χ0n) is 5.23. The molecule has 4 N–H and O–H groups in total. The second-order valence-electron chi connectivity index (χ2n) is 1.69. The van der Waals surface area contributed by atoms with E-state index < -0.39 is 0 Å². The molecule has 0 aliphatic heterocycles. The van der Waals surface area contributed by atoms with Gasteiger partial charge in [-0.1, -0.05) is 0 Å². The Balaban J connectivity index is 0.000000490. The summed E-state index contributed by atoms with van der Waals surface area (Å²) in [5.74, 6) is 0. The van der Waals surface area contributed by atoms with Crippen LogP contribution in [-0.4, -0.2) is 10.2 Å². The van der Waals surface area contributed by atoms with Crippen LogP contribution >= 0.6 is 0 Å². The van der Waals surface area contributed by atoms with Crippen LogP contribution in [0.4, 0.5) is 0 Å². The second kappa shape index (κ2) is 2.47. The SMILES string of the molecule is Cc1cc(C)[nH]n1.N. The first-order chi connectivity index (χ1) is 3.29. The zero-order chi connectivity index (χ0) is 5.28. The van der Waals surface area contributed by atoms with Crippen molar-refractivity contribution >= 4 is 0 Å². The van der Waals surface area contributed by atoms with Crippen molar-refractivity contribution in [1.82, 2.24) is 16.3 Å². The van der Waals surface area contributed by atoms with Crippen LogP contribution in [0.3, 0.4) is 0 Å². The highest BCUT2D eigenvalue weighted by Crippen LogP contribution is 1.92. The lowest BCUT2D eigenvalue weighted by atomic mass is 10.4. The number of nitrogens with one attached hydrogen (secondary N) is 1. The Morgan fingerprint density at radius 1 is 1.50 bits per heavy atom. The molecule has 1 aromatic heterocycles. The van der Waals surface area contributed by atoms with Crippen LogP contribution in [0.15, 0.2) is 6.07 Å². The molecule has 0 aliphatic carbocycles. The van der Waals surface area contributed by atoms with Crippen molar-refractivity contribution in [3.05, 3.63) is 17.5 Å². The molecule has 0 atom stereocenters. The summed E-state index contributed by atoms with van der Waals surface area (Å²) >= 11 is 0. The minimum Gasteiger partial charge on any atom is -0.344 e. The molecule has 0 aliphatic rings. The molecule has 0 unspecified atom stereocenters. The van der Waals surface area contributed by atoms with Gasteiger partial charge in [-0.25, -0.2) is 0 Å². The molecule has 0 saturated carbocycles. The first-order valence-corrected chi connectivity index (χ1v) is 2.27. The lowest BCUT2D eigenvalue weighted by Crippen LogP contribution is -1.68. The summed E-state index contributed by atoms with van der Waals surface area (Å²) in [6, 6.07) is 2.00. The molecule has 0 fully saturated rings. The van der Waals surface area contributed by atoms with Gasteiger partial charge in [-0.2, -0.15) is 5.10 Å². The van der Waals surface area contributed by atoms with Crippen molar-refractivity contribution in [1.29, 1.82) is 0 Å². The summed E-state index contributed by atoms with van der Waals surface area (Å²) in [6.45, 7) is 3.95. The third-order valence-electron chi connectivity index (χ3n) is 0.834. The van der Waals surface area contributed by atoms with E-state index in [1.54, 1.807) is 0 Å². The quantitative estimate of drug-likeness (QED) is 0.530. The van der Waals surface area contributed by atoms with Crippen molar-refractivity contribution in [3.63, 3.8) is 0 Å². The van der Waals surface area contributed by atoms with Gasteiger partial charge in [0.2, 0.25) is 0 Å². The molecule has 3 heteroatoms. The Bertz CT molecular complexity index is 140. The summed E-state index contributed by atoms with van der Waals surface area (Å²) in [7, 11) is 0. The van der Waals surface area contributed by atoms with Crippen LogP contribution in [-0.2, 0) is 0 Å². The van der Waals surface area contributed by atoms with Crippen molar-refractivity contribution in [2.75, 3.05) is 0 Å². The summed E-state index contributed by atoms with van der Waals surface area (Å²) in [6.07, 6.45) is 0. The Labute approximate surface area is 48.7 Å². The van der Waals surface area contributed by atoms with Gasteiger partial charge >= 0.3 is 0 Å². The van der Waals surface area contributed by atoms with Gasteiger partial charge in [0.05, 0.1) is 5.69 Å². The lowest BCUT2D eigenvalue weighted by molar-refractivity contribution is 1.02. The highest BCUT2D eigenvalue weighted by molar-refractivity contribution is 5.03. The fourth-order valence-electron chi connectivity index (χ4n) is 0.554. The average Bonchev–Trinajstić information content (AvgIpc) is 1.87. The van der Waals surface area contributed by atoms with Crippen LogP contribution in [0.1, 0.15) is 11.4 Å². The van der Waals surface area contributed by atoms with Crippen molar-refractivity contribution < 1.29 is 0 Å². The number of aromatic nitrogens is 2.